The number of ether oxygens (including phenoxy) is 1. The van der Waals surface area contributed by atoms with E-state index in [0.29, 0.717) is 5.56 Å². The molecule has 0 radical (unpaired) electrons. The largest absolute Gasteiger partial charge is 0.496 e. The Morgan fingerprint density at radius 1 is 1.22 bits per heavy atom. The van der Waals surface area contributed by atoms with E-state index in [4.69, 9.17) is 9.57 Å². The van der Waals surface area contributed by atoms with Crippen LogP contribution >= 0.6 is 0 Å². The van der Waals surface area contributed by atoms with Crippen molar-refractivity contribution in [1.29, 1.82) is 0 Å². The SMILES string of the molecule is COc1cc2c(cc1C)/C(=N\OC(=O)Cc1ccc([N+](=O)[O-])cc1)CCC2. The van der Waals surface area contributed by atoms with Gasteiger partial charge in [0.25, 0.3) is 5.69 Å². The van der Waals surface area contributed by atoms with E-state index in [9.17, 15) is 14.9 Å². The minimum absolute atomic E-state index is 0.00325. The van der Waals surface area contributed by atoms with Crippen molar-refractivity contribution in [3.8, 4) is 5.75 Å². The molecule has 7 heteroatoms. The molecule has 140 valence electrons. The standard InChI is InChI=1S/C20H20N2O5/c1-13-10-17-15(12-19(13)26-2)4-3-5-18(17)21-27-20(23)11-14-6-8-16(9-7-14)22(24)25/h6-10,12H,3-5,11H2,1-2H3/b21-18-. The Kier molecular flexibility index (Phi) is 5.49. The molecule has 0 aromatic heterocycles. The highest BCUT2D eigenvalue weighted by Gasteiger charge is 2.19. The van der Waals surface area contributed by atoms with E-state index in [1.807, 2.05) is 19.1 Å². The molecule has 0 unspecified atom stereocenters. The summed E-state index contributed by atoms with van der Waals surface area (Å²) in [6.45, 7) is 1.96. The predicted octanol–water partition coefficient (Wildman–Crippen LogP) is 3.74. The number of nitro benzene ring substituents is 1. The van der Waals surface area contributed by atoms with E-state index in [1.165, 1.54) is 24.3 Å². The van der Waals surface area contributed by atoms with Crippen molar-refractivity contribution in [2.75, 3.05) is 7.11 Å². The summed E-state index contributed by atoms with van der Waals surface area (Å²) in [5.74, 6) is 0.332. The number of aryl methyl sites for hydroxylation is 2. The van der Waals surface area contributed by atoms with Gasteiger partial charge >= 0.3 is 5.97 Å². The van der Waals surface area contributed by atoms with Gasteiger partial charge in [-0.2, -0.15) is 0 Å². The van der Waals surface area contributed by atoms with Crippen LogP contribution in [0.25, 0.3) is 0 Å². The predicted molar refractivity (Wildman–Crippen MR) is 100 cm³/mol. The van der Waals surface area contributed by atoms with Gasteiger partial charge in [0.2, 0.25) is 0 Å². The van der Waals surface area contributed by atoms with Gasteiger partial charge in [-0.1, -0.05) is 17.3 Å². The molecule has 27 heavy (non-hydrogen) atoms. The van der Waals surface area contributed by atoms with E-state index >= 15 is 0 Å². The Morgan fingerprint density at radius 2 is 1.96 bits per heavy atom. The third kappa shape index (κ3) is 4.31. The van der Waals surface area contributed by atoms with Gasteiger partial charge in [-0.25, -0.2) is 4.79 Å². The molecular weight excluding hydrogens is 348 g/mol. The first-order chi connectivity index (χ1) is 13.0. The van der Waals surface area contributed by atoms with Gasteiger partial charge in [0.05, 0.1) is 24.2 Å². The molecule has 0 atom stereocenters. The third-order valence-electron chi connectivity index (χ3n) is 4.54. The average molecular weight is 368 g/mol. The summed E-state index contributed by atoms with van der Waals surface area (Å²) in [7, 11) is 1.65. The smallest absolute Gasteiger partial charge is 0.339 e. The van der Waals surface area contributed by atoms with Gasteiger partial charge < -0.3 is 9.57 Å². The molecule has 3 rings (SSSR count). The van der Waals surface area contributed by atoms with Crippen LogP contribution < -0.4 is 4.74 Å². The number of non-ortho nitro benzene ring substituents is 1. The Morgan fingerprint density at radius 3 is 2.63 bits per heavy atom. The molecular formula is C20H20N2O5. The van der Waals surface area contributed by atoms with Crippen LogP contribution in [0.5, 0.6) is 5.75 Å². The van der Waals surface area contributed by atoms with Crippen LogP contribution in [0.3, 0.4) is 0 Å². The molecule has 2 aromatic carbocycles. The zero-order valence-electron chi connectivity index (χ0n) is 15.2. The summed E-state index contributed by atoms with van der Waals surface area (Å²) in [5.41, 5.74) is 4.49. The van der Waals surface area contributed by atoms with Crippen molar-refractivity contribution >= 4 is 17.4 Å². The summed E-state index contributed by atoms with van der Waals surface area (Å²) in [6, 6.07) is 9.83. The van der Waals surface area contributed by atoms with Crippen LogP contribution in [0.1, 0.15) is 35.1 Å². The minimum atomic E-state index is -0.506. The molecule has 0 bridgehead atoms. The van der Waals surface area contributed by atoms with Crippen LogP contribution in [0.2, 0.25) is 0 Å². The molecule has 2 aromatic rings. The fraction of sp³-hybridized carbons (Fsp3) is 0.300. The second-order valence-corrected chi connectivity index (χ2v) is 6.43. The lowest BCUT2D eigenvalue weighted by Gasteiger charge is -2.19. The fourth-order valence-electron chi connectivity index (χ4n) is 3.14. The first-order valence-electron chi connectivity index (χ1n) is 8.66. The van der Waals surface area contributed by atoms with Crippen LogP contribution in [-0.2, 0) is 22.5 Å². The highest BCUT2D eigenvalue weighted by Crippen LogP contribution is 2.29. The van der Waals surface area contributed by atoms with Crippen molar-refractivity contribution in [2.24, 2.45) is 5.16 Å². The average Bonchev–Trinajstić information content (AvgIpc) is 2.66. The van der Waals surface area contributed by atoms with Crippen LogP contribution in [0.4, 0.5) is 5.69 Å². The molecule has 0 fully saturated rings. The Bertz CT molecular complexity index is 903. The second kappa shape index (κ2) is 7.99. The van der Waals surface area contributed by atoms with Crippen molar-refractivity contribution in [3.63, 3.8) is 0 Å². The van der Waals surface area contributed by atoms with Gasteiger partial charge in [-0.3, -0.25) is 10.1 Å². The molecule has 7 nitrogen and oxygen atoms in total. The minimum Gasteiger partial charge on any atom is -0.496 e. The molecule has 0 spiro atoms. The zero-order valence-corrected chi connectivity index (χ0v) is 15.2. The number of oxime groups is 1. The lowest BCUT2D eigenvalue weighted by Crippen LogP contribution is -2.15. The lowest BCUT2D eigenvalue weighted by atomic mass is 9.88. The van der Waals surface area contributed by atoms with E-state index in [-0.39, 0.29) is 12.1 Å². The van der Waals surface area contributed by atoms with E-state index in [1.54, 1.807) is 7.11 Å². The molecule has 0 aliphatic heterocycles. The molecule has 0 saturated carbocycles. The molecule has 0 amide bonds. The highest BCUT2D eigenvalue weighted by molar-refractivity contribution is 6.03. The Labute approximate surface area is 156 Å². The van der Waals surface area contributed by atoms with Gasteiger partial charge in [-0.05, 0) is 55.0 Å². The molecule has 1 aliphatic carbocycles. The van der Waals surface area contributed by atoms with Gasteiger partial charge in [0, 0.05) is 17.7 Å². The number of hydrogen-bond donors (Lipinski definition) is 0. The maximum atomic E-state index is 12.1. The number of nitro groups is 1. The van der Waals surface area contributed by atoms with Gasteiger partial charge in [-0.15, -0.1) is 0 Å². The first kappa shape index (κ1) is 18.6. The van der Waals surface area contributed by atoms with E-state index in [0.717, 1.165) is 47.4 Å². The normalized spacial score (nSPS) is 14.5. The van der Waals surface area contributed by atoms with Crippen LogP contribution in [0, 0.1) is 17.0 Å². The molecule has 0 saturated heterocycles. The Hall–Kier alpha value is -3.22. The third-order valence-corrected chi connectivity index (χ3v) is 4.54. The molecule has 1 aliphatic rings. The van der Waals surface area contributed by atoms with Crippen molar-refractivity contribution in [2.45, 2.75) is 32.6 Å². The number of nitrogens with zero attached hydrogens (tertiary/aromatic N) is 2. The van der Waals surface area contributed by atoms with Crippen molar-refractivity contribution in [1.82, 2.24) is 0 Å². The quantitative estimate of drug-likeness (QED) is 0.455. The van der Waals surface area contributed by atoms with Gasteiger partial charge in [0.15, 0.2) is 0 Å². The second-order valence-electron chi connectivity index (χ2n) is 6.43. The number of carbonyl (C=O) groups is 1. The zero-order chi connectivity index (χ0) is 19.4. The van der Waals surface area contributed by atoms with Crippen molar-refractivity contribution < 1.29 is 19.3 Å². The summed E-state index contributed by atoms with van der Waals surface area (Å²) in [5, 5.41) is 14.7. The molecule has 0 N–H and O–H groups in total. The summed E-state index contributed by atoms with van der Waals surface area (Å²) in [6.07, 6.45) is 2.60. The first-order valence-corrected chi connectivity index (χ1v) is 8.66. The van der Waals surface area contributed by atoms with Gasteiger partial charge in [0.1, 0.15) is 5.75 Å². The number of rotatable bonds is 5. The maximum Gasteiger partial charge on any atom is 0.339 e. The fourth-order valence-corrected chi connectivity index (χ4v) is 3.14. The monoisotopic (exact) mass is 368 g/mol. The summed E-state index contributed by atoms with van der Waals surface area (Å²) >= 11 is 0. The topological polar surface area (TPSA) is 91.0 Å². The highest BCUT2D eigenvalue weighted by atomic mass is 16.7. The lowest BCUT2D eigenvalue weighted by molar-refractivity contribution is -0.384. The van der Waals surface area contributed by atoms with Crippen LogP contribution in [-0.4, -0.2) is 23.7 Å². The number of carbonyl (C=O) groups excluding carboxylic acids is 1. The number of benzene rings is 2. The van der Waals surface area contributed by atoms with E-state index in [2.05, 4.69) is 5.16 Å². The van der Waals surface area contributed by atoms with Crippen LogP contribution in [0.15, 0.2) is 41.6 Å². The molecule has 0 heterocycles. The summed E-state index contributed by atoms with van der Waals surface area (Å²) in [4.78, 5) is 27.4. The Balaban J connectivity index is 1.70. The van der Waals surface area contributed by atoms with Crippen molar-refractivity contribution in [3.05, 3.63) is 68.8 Å². The van der Waals surface area contributed by atoms with E-state index < -0.39 is 10.9 Å². The number of fused-ring (bicyclic) bond motifs is 1. The number of methoxy groups -OCH3 is 1. The summed E-state index contributed by atoms with van der Waals surface area (Å²) < 4.78 is 5.37. The number of hydrogen-bond acceptors (Lipinski definition) is 6. The maximum absolute atomic E-state index is 12.1.